The second kappa shape index (κ2) is 7.46. The molecule has 3 rings (SSSR count). The Morgan fingerprint density at radius 2 is 2.04 bits per heavy atom. The molecular weight excluding hydrogens is 292 g/mol. The van der Waals surface area contributed by atoms with Crippen molar-refractivity contribution in [3.05, 3.63) is 24.3 Å². The Hall–Kier alpha value is -2.08. The first-order chi connectivity index (χ1) is 11.3. The summed E-state index contributed by atoms with van der Waals surface area (Å²) in [6.07, 6.45) is 5.82. The normalized spacial score (nSPS) is 15.7. The maximum absolute atomic E-state index is 12.4. The van der Waals surface area contributed by atoms with Gasteiger partial charge in [-0.25, -0.2) is 4.98 Å². The van der Waals surface area contributed by atoms with Crippen LogP contribution in [0.5, 0.6) is 0 Å². The molecule has 0 spiro atoms. The van der Waals surface area contributed by atoms with Crippen molar-refractivity contribution in [3.63, 3.8) is 0 Å². The van der Waals surface area contributed by atoms with Crippen LogP contribution >= 0.6 is 0 Å². The molecule has 124 valence electrons. The van der Waals surface area contributed by atoms with Crippen LogP contribution in [0, 0.1) is 0 Å². The van der Waals surface area contributed by atoms with Crippen molar-refractivity contribution in [2.75, 3.05) is 18.5 Å². The topological polar surface area (TPSA) is 79.2 Å². The molecule has 1 heterocycles. The van der Waals surface area contributed by atoms with Gasteiger partial charge in [0.15, 0.2) is 0 Å². The molecule has 0 saturated heterocycles. The van der Waals surface area contributed by atoms with Crippen molar-refractivity contribution in [2.24, 2.45) is 0 Å². The van der Waals surface area contributed by atoms with Crippen molar-refractivity contribution in [2.45, 2.75) is 44.7 Å². The van der Waals surface area contributed by atoms with Crippen molar-refractivity contribution in [3.8, 4) is 0 Å². The van der Waals surface area contributed by atoms with Gasteiger partial charge in [-0.15, -0.1) is 0 Å². The zero-order valence-corrected chi connectivity index (χ0v) is 13.3. The Kier molecular flexibility index (Phi) is 5.12. The molecule has 6 heteroatoms. The summed E-state index contributed by atoms with van der Waals surface area (Å²) in [5, 5.41) is 15.2. The first kappa shape index (κ1) is 15.8. The van der Waals surface area contributed by atoms with Crippen LogP contribution in [0.15, 0.2) is 24.3 Å². The average molecular weight is 316 g/mol. The third kappa shape index (κ3) is 3.82. The second-order valence-corrected chi connectivity index (χ2v) is 6.06. The standard InChI is InChI=1S/C17H24N4O2/c22-11-10-18-17-20-14-8-4-5-9-15(14)21(17)12-16(23)19-13-6-2-1-3-7-13/h4-5,8-9,13,22H,1-3,6-7,10-12H2,(H,18,20)(H,19,23). The predicted molar refractivity (Wildman–Crippen MR) is 90.3 cm³/mol. The Bertz CT molecular complexity index is 662. The molecule has 6 nitrogen and oxygen atoms in total. The zero-order chi connectivity index (χ0) is 16.1. The molecule has 1 aromatic carbocycles. The summed E-state index contributed by atoms with van der Waals surface area (Å²) in [7, 11) is 0. The van der Waals surface area contributed by atoms with Crippen LogP contribution in [0.1, 0.15) is 32.1 Å². The van der Waals surface area contributed by atoms with E-state index in [0.717, 1.165) is 23.9 Å². The molecule has 1 fully saturated rings. The first-order valence-electron chi connectivity index (χ1n) is 8.37. The van der Waals surface area contributed by atoms with Crippen molar-refractivity contribution < 1.29 is 9.90 Å². The summed E-state index contributed by atoms with van der Waals surface area (Å²) in [6, 6.07) is 8.06. The maximum Gasteiger partial charge on any atom is 0.240 e. The lowest BCUT2D eigenvalue weighted by atomic mass is 9.95. The number of fused-ring (bicyclic) bond motifs is 1. The highest BCUT2D eigenvalue weighted by Crippen LogP contribution is 2.20. The van der Waals surface area contributed by atoms with E-state index in [0.29, 0.717) is 18.5 Å². The Balaban J connectivity index is 1.75. The summed E-state index contributed by atoms with van der Waals surface area (Å²) in [6.45, 7) is 0.676. The summed E-state index contributed by atoms with van der Waals surface area (Å²) >= 11 is 0. The number of anilines is 1. The average Bonchev–Trinajstić information content (AvgIpc) is 2.91. The van der Waals surface area contributed by atoms with E-state index in [1.54, 1.807) is 0 Å². The van der Waals surface area contributed by atoms with Gasteiger partial charge in [0.05, 0.1) is 17.6 Å². The van der Waals surface area contributed by atoms with Gasteiger partial charge in [0.1, 0.15) is 6.54 Å². The highest BCUT2D eigenvalue weighted by Gasteiger charge is 2.18. The maximum atomic E-state index is 12.4. The van der Waals surface area contributed by atoms with Gasteiger partial charge >= 0.3 is 0 Å². The minimum absolute atomic E-state index is 0.0205. The number of nitrogens with one attached hydrogen (secondary N) is 2. The Morgan fingerprint density at radius 3 is 2.83 bits per heavy atom. The number of nitrogens with zero attached hydrogens (tertiary/aromatic N) is 2. The summed E-state index contributed by atoms with van der Waals surface area (Å²) in [4.78, 5) is 16.9. The van der Waals surface area contributed by atoms with Crippen LogP contribution in [0.3, 0.4) is 0 Å². The number of aliphatic hydroxyl groups is 1. The Morgan fingerprint density at radius 1 is 1.26 bits per heavy atom. The van der Waals surface area contributed by atoms with Crippen LogP contribution in [-0.2, 0) is 11.3 Å². The third-order valence-electron chi connectivity index (χ3n) is 4.32. The summed E-state index contributed by atoms with van der Waals surface area (Å²) < 4.78 is 1.88. The minimum Gasteiger partial charge on any atom is -0.395 e. The lowest BCUT2D eigenvalue weighted by Crippen LogP contribution is -2.38. The van der Waals surface area contributed by atoms with Crippen LogP contribution in [-0.4, -0.2) is 39.8 Å². The smallest absolute Gasteiger partial charge is 0.240 e. The van der Waals surface area contributed by atoms with E-state index < -0.39 is 0 Å². The van der Waals surface area contributed by atoms with E-state index in [1.807, 2.05) is 28.8 Å². The van der Waals surface area contributed by atoms with E-state index in [2.05, 4.69) is 15.6 Å². The number of aromatic nitrogens is 2. The number of para-hydroxylation sites is 2. The SMILES string of the molecule is O=C(Cn1c(NCCO)nc2ccccc21)NC1CCCCC1. The largest absolute Gasteiger partial charge is 0.395 e. The van der Waals surface area contributed by atoms with E-state index in [9.17, 15) is 4.79 Å². The molecule has 3 N–H and O–H groups in total. The van der Waals surface area contributed by atoms with Gasteiger partial charge in [0.2, 0.25) is 11.9 Å². The summed E-state index contributed by atoms with van der Waals surface area (Å²) in [5.74, 6) is 0.645. The van der Waals surface area contributed by atoms with E-state index in [-0.39, 0.29) is 19.1 Å². The molecular formula is C17H24N4O2. The second-order valence-electron chi connectivity index (χ2n) is 6.06. The molecule has 2 aromatic rings. The van der Waals surface area contributed by atoms with E-state index in [4.69, 9.17) is 5.11 Å². The van der Waals surface area contributed by atoms with Crippen LogP contribution in [0.25, 0.3) is 11.0 Å². The van der Waals surface area contributed by atoms with E-state index >= 15 is 0 Å². The van der Waals surface area contributed by atoms with Crippen molar-refractivity contribution in [1.82, 2.24) is 14.9 Å². The van der Waals surface area contributed by atoms with Gasteiger partial charge in [-0.1, -0.05) is 31.4 Å². The molecule has 0 unspecified atom stereocenters. The molecule has 1 aliphatic carbocycles. The van der Waals surface area contributed by atoms with Gasteiger partial charge < -0.3 is 20.3 Å². The lowest BCUT2D eigenvalue weighted by molar-refractivity contribution is -0.122. The molecule has 1 amide bonds. The fraction of sp³-hybridized carbons (Fsp3) is 0.529. The number of rotatable bonds is 6. The van der Waals surface area contributed by atoms with E-state index in [1.165, 1.54) is 19.3 Å². The fourth-order valence-corrected chi connectivity index (χ4v) is 3.20. The highest BCUT2D eigenvalue weighted by molar-refractivity contribution is 5.83. The monoisotopic (exact) mass is 316 g/mol. The number of aliphatic hydroxyl groups excluding tert-OH is 1. The van der Waals surface area contributed by atoms with Gasteiger partial charge in [-0.05, 0) is 25.0 Å². The molecule has 0 bridgehead atoms. The first-order valence-corrected chi connectivity index (χ1v) is 8.37. The van der Waals surface area contributed by atoms with Crippen LogP contribution in [0.2, 0.25) is 0 Å². The van der Waals surface area contributed by atoms with Crippen molar-refractivity contribution in [1.29, 1.82) is 0 Å². The van der Waals surface area contributed by atoms with Gasteiger partial charge in [-0.3, -0.25) is 4.79 Å². The number of hydrogen-bond donors (Lipinski definition) is 3. The number of amides is 1. The highest BCUT2D eigenvalue weighted by atomic mass is 16.3. The molecule has 1 aliphatic rings. The number of carbonyl (C=O) groups is 1. The predicted octanol–water partition coefficient (Wildman–Crippen LogP) is 1.89. The van der Waals surface area contributed by atoms with Crippen LogP contribution < -0.4 is 10.6 Å². The number of hydrogen-bond acceptors (Lipinski definition) is 4. The summed E-state index contributed by atoms with van der Waals surface area (Å²) in [5.41, 5.74) is 1.77. The Labute approximate surface area is 135 Å². The number of imidazole rings is 1. The number of carbonyl (C=O) groups excluding carboxylic acids is 1. The minimum atomic E-state index is 0.0205. The van der Waals surface area contributed by atoms with Crippen LogP contribution in [0.4, 0.5) is 5.95 Å². The third-order valence-corrected chi connectivity index (χ3v) is 4.32. The molecule has 0 aliphatic heterocycles. The van der Waals surface area contributed by atoms with Gasteiger partial charge in [-0.2, -0.15) is 0 Å². The molecule has 1 aromatic heterocycles. The molecule has 23 heavy (non-hydrogen) atoms. The fourth-order valence-electron chi connectivity index (χ4n) is 3.20. The molecule has 0 atom stereocenters. The zero-order valence-electron chi connectivity index (χ0n) is 13.3. The molecule has 0 radical (unpaired) electrons. The molecule has 1 saturated carbocycles. The number of benzene rings is 1. The van der Waals surface area contributed by atoms with Gasteiger partial charge in [0, 0.05) is 12.6 Å². The quantitative estimate of drug-likeness (QED) is 0.760. The lowest BCUT2D eigenvalue weighted by Gasteiger charge is -2.23. The van der Waals surface area contributed by atoms with Crippen molar-refractivity contribution >= 4 is 22.9 Å². The van der Waals surface area contributed by atoms with Gasteiger partial charge in [0.25, 0.3) is 0 Å².